The van der Waals surface area contributed by atoms with Gasteiger partial charge in [0.25, 0.3) is 0 Å². The van der Waals surface area contributed by atoms with Gasteiger partial charge in [-0.1, -0.05) is 6.92 Å². The first kappa shape index (κ1) is 15.3. The van der Waals surface area contributed by atoms with Gasteiger partial charge in [-0.3, -0.25) is 9.78 Å². The molecule has 0 radical (unpaired) electrons. The summed E-state index contributed by atoms with van der Waals surface area (Å²) in [4.78, 5) is 18.7. The molecule has 2 aliphatic heterocycles. The number of ether oxygens (including phenoxy) is 1. The Balaban J connectivity index is 1.67. The van der Waals surface area contributed by atoms with Crippen molar-refractivity contribution in [1.82, 2.24) is 9.88 Å². The van der Waals surface area contributed by atoms with E-state index in [2.05, 4.69) is 11.1 Å². The summed E-state index contributed by atoms with van der Waals surface area (Å²) in [7, 11) is 0. The Hall–Kier alpha value is -2.23. The molecule has 1 aromatic heterocycles. The highest BCUT2D eigenvalue weighted by molar-refractivity contribution is 5.84. The molecule has 1 aromatic rings. The molecule has 3 aliphatic rings. The Kier molecular flexibility index (Phi) is 3.11. The number of hydrogen-bond acceptors (Lipinski definition) is 4. The molecular weight excluding hydrogens is 316 g/mol. The van der Waals surface area contributed by atoms with Crippen LogP contribution in [0.4, 0.5) is 8.78 Å². The van der Waals surface area contributed by atoms with Gasteiger partial charge in [0.05, 0.1) is 18.0 Å². The van der Waals surface area contributed by atoms with Gasteiger partial charge in [0.1, 0.15) is 23.5 Å². The van der Waals surface area contributed by atoms with Gasteiger partial charge in [-0.2, -0.15) is 5.26 Å². The van der Waals surface area contributed by atoms with Crippen molar-refractivity contribution in [1.29, 1.82) is 5.26 Å². The zero-order valence-corrected chi connectivity index (χ0v) is 13.3. The highest BCUT2D eigenvalue weighted by Gasteiger charge is 2.55. The number of halogens is 2. The molecule has 2 fully saturated rings. The first-order valence-corrected chi connectivity index (χ1v) is 8.06. The SMILES string of the molecule is CC1(C(=O)N2C[C@@H]3C[C@H]2c2cncc(C#N)c2O3)CCC(F)(F)C1. The van der Waals surface area contributed by atoms with E-state index in [1.807, 2.05) is 0 Å². The molecule has 0 spiro atoms. The lowest BCUT2D eigenvalue weighted by Gasteiger charge is -2.32. The fourth-order valence-electron chi connectivity index (χ4n) is 4.22. The molecule has 3 heterocycles. The number of likely N-dealkylation sites (tertiary alicyclic amines) is 1. The molecule has 0 N–H and O–H groups in total. The van der Waals surface area contributed by atoms with Crippen LogP contribution in [-0.4, -0.2) is 34.4 Å². The van der Waals surface area contributed by atoms with Crippen molar-refractivity contribution in [3.63, 3.8) is 0 Å². The van der Waals surface area contributed by atoms with Crippen LogP contribution in [0.15, 0.2) is 12.4 Å². The van der Waals surface area contributed by atoms with Gasteiger partial charge in [0.15, 0.2) is 0 Å². The lowest BCUT2D eigenvalue weighted by Crippen LogP contribution is -2.41. The second-order valence-corrected chi connectivity index (χ2v) is 7.26. The standard InChI is InChI=1S/C17H17F2N3O2/c1-16(2-3-17(18,19)9-16)15(23)22-8-11-4-13(22)12-7-21-6-10(5-20)14(12)24-11/h6-7,11,13H,2-4,8-9H2,1H3/t11-,13-,16?/m0/s1. The summed E-state index contributed by atoms with van der Waals surface area (Å²) in [6, 6.07) is 1.80. The van der Waals surface area contributed by atoms with E-state index in [0.29, 0.717) is 29.8 Å². The van der Waals surface area contributed by atoms with Crippen molar-refractivity contribution in [2.75, 3.05) is 6.54 Å². The van der Waals surface area contributed by atoms with Crippen LogP contribution < -0.4 is 4.74 Å². The number of amides is 1. The minimum absolute atomic E-state index is 0.191. The molecule has 5 nitrogen and oxygen atoms in total. The molecular formula is C17H17F2N3O2. The third-order valence-corrected chi connectivity index (χ3v) is 5.42. The highest BCUT2D eigenvalue weighted by atomic mass is 19.3. The van der Waals surface area contributed by atoms with Gasteiger partial charge in [0, 0.05) is 37.2 Å². The Morgan fingerprint density at radius 1 is 1.46 bits per heavy atom. The van der Waals surface area contributed by atoms with E-state index in [9.17, 15) is 18.8 Å². The number of nitriles is 1. The molecule has 1 unspecified atom stereocenters. The van der Waals surface area contributed by atoms with Crippen molar-refractivity contribution >= 4 is 5.91 Å². The van der Waals surface area contributed by atoms with Gasteiger partial charge in [0.2, 0.25) is 11.8 Å². The molecule has 4 rings (SSSR count). The van der Waals surface area contributed by atoms with Crippen LogP contribution in [0.3, 0.4) is 0 Å². The van der Waals surface area contributed by atoms with Gasteiger partial charge in [-0.05, 0) is 6.42 Å². The zero-order chi connectivity index (χ0) is 17.1. The Morgan fingerprint density at radius 2 is 2.25 bits per heavy atom. The third-order valence-electron chi connectivity index (χ3n) is 5.42. The Bertz CT molecular complexity index is 761. The van der Waals surface area contributed by atoms with E-state index < -0.39 is 17.8 Å². The number of hydrogen-bond donors (Lipinski definition) is 0. The van der Waals surface area contributed by atoms with Crippen LogP contribution in [0.25, 0.3) is 0 Å². The Morgan fingerprint density at radius 3 is 2.92 bits per heavy atom. The number of carbonyl (C=O) groups is 1. The molecule has 1 aliphatic carbocycles. The number of fused-ring (bicyclic) bond motifs is 4. The normalized spacial score (nSPS) is 32.8. The number of rotatable bonds is 1. The minimum atomic E-state index is -2.77. The highest BCUT2D eigenvalue weighted by Crippen LogP contribution is 2.51. The van der Waals surface area contributed by atoms with Crippen molar-refractivity contribution in [2.45, 2.75) is 50.7 Å². The summed E-state index contributed by atoms with van der Waals surface area (Å²) in [6.45, 7) is 1.99. The van der Waals surface area contributed by atoms with Crippen molar-refractivity contribution in [2.24, 2.45) is 5.41 Å². The van der Waals surface area contributed by atoms with E-state index in [0.717, 1.165) is 0 Å². The first-order valence-electron chi connectivity index (χ1n) is 8.06. The molecule has 7 heteroatoms. The summed E-state index contributed by atoms with van der Waals surface area (Å²) in [5, 5.41) is 9.20. The predicted octanol–water partition coefficient (Wildman–Crippen LogP) is 2.81. The number of aromatic nitrogens is 1. The second kappa shape index (κ2) is 4.88. The topological polar surface area (TPSA) is 66.2 Å². The summed E-state index contributed by atoms with van der Waals surface area (Å²) >= 11 is 0. The van der Waals surface area contributed by atoms with Gasteiger partial charge < -0.3 is 9.64 Å². The fraction of sp³-hybridized carbons (Fsp3) is 0.588. The molecule has 1 saturated heterocycles. The molecule has 0 aromatic carbocycles. The van der Waals surface area contributed by atoms with Crippen LogP contribution in [0.5, 0.6) is 5.75 Å². The molecule has 1 amide bonds. The lowest BCUT2D eigenvalue weighted by molar-refractivity contribution is -0.143. The number of pyridine rings is 1. The lowest BCUT2D eigenvalue weighted by atomic mass is 9.86. The molecule has 1 saturated carbocycles. The van der Waals surface area contributed by atoms with Gasteiger partial charge in [-0.25, -0.2) is 8.78 Å². The second-order valence-electron chi connectivity index (χ2n) is 7.26. The van der Waals surface area contributed by atoms with Crippen LogP contribution >= 0.6 is 0 Å². The minimum Gasteiger partial charge on any atom is -0.487 e. The van der Waals surface area contributed by atoms with Crippen LogP contribution in [0.1, 0.15) is 49.8 Å². The fourth-order valence-corrected chi connectivity index (χ4v) is 4.22. The van der Waals surface area contributed by atoms with E-state index in [1.165, 1.54) is 6.20 Å². The predicted molar refractivity (Wildman–Crippen MR) is 79.3 cm³/mol. The van der Waals surface area contributed by atoms with E-state index in [4.69, 9.17) is 4.74 Å². The zero-order valence-electron chi connectivity index (χ0n) is 13.3. The summed E-state index contributed by atoms with van der Waals surface area (Å²) in [5.74, 6) is -2.54. The molecule has 24 heavy (non-hydrogen) atoms. The number of carbonyl (C=O) groups excluding carboxylic acids is 1. The average Bonchev–Trinajstić information content (AvgIpc) is 3.04. The number of nitrogens with zero attached hydrogens (tertiary/aromatic N) is 3. The first-order chi connectivity index (χ1) is 11.3. The van der Waals surface area contributed by atoms with E-state index in [-0.39, 0.29) is 30.9 Å². The molecule has 3 atom stereocenters. The van der Waals surface area contributed by atoms with Gasteiger partial charge in [-0.15, -0.1) is 0 Å². The van der Waals surface area contributed by atoms with Crippen LogP contribution in [0, 0.1) is 16.7 Å². The van der Waals surface area contributed by atoms with Crippen LogP contribution in [0.2, 0.25) is 0 Å². The average molecular weight is 333 g/mol. The molecule has 126 valence electrons. The van der Waals surface area contributed by atoms with E-state index in [1.54, 1.807) is 18.0 Å². The van der Waals surface area contributed by atoms with Crippen LogP contribution in [-0.2, 0) is 4.79 Å². The molecule has 2 bridgehead atoms. The van der Waals surface area contributed by atoms with Crippen molar-refractivity contribution in [3.8, 4) is 11.8 Å². The van der Waals surface area contributed by atoms with Gasteiger partial charge >= 0.3 is 0 Å². The maximum absolute atomic E-state index is 13.7. The maximum atomic E-state index is 13.7. The van der Waals surface area contributed by atoms with Crippen molar-refractivity contribution < 1.29 is 18.3 Å². The quantitative estimate of drug-likeness (QED) is 0.793. The maximum Gasteiger partial charge on any atom is 0.249 e. The summed E-state index contributed by atoms with van der Waals surface area (Å²) in [5.41, 5.74) is 0.00105. The summed E-state index contributed by atoms with van der Waals surface area (Å²) in [6.07, 6.45) is 2.99. The smallest absolute Gasteiger partial charge is 0.249 e. The summed E-state index contributed by atoms with van der Waals surface area (Å²) < 4.78 is 33.2. The number of alkyl halides is 2. The monoisotopic (exact) mass is 333 g/mol. The third kappa shape index (κ3) is 2.16. The van der Waals surface area contributed by atoms with E-state index >= 15 is 0 Å². The van der Waals surface area contributed by atoms with Crippen molar-refractivity contribution in [3.05, 3.63) is 23.5 Å². The largest absolute Gasteiger partial charge is 0.487 e. The Labute approximate surface area is 138 Å².